The molecule has 1 heterocycles. The van der Waals surface area contributed by atoms with Crippen LogP contribution < -0.4 is 4.31 Å². The molecule has 1 atom stereocenters. The predicted octanol–water partition coefficient (Wildman–Crippen LogP) is 6.19. The van der Waals surface area contributed by atoms with Gasteiger partial charge in [-0.1, -0.05) is 37.8 Å². The van der Waals surface area contributed by atoms with Crippen LogP contribution >= 0.6 is 0 Å². The Morgan fingerprint density at radius 1 is 0.897 bits per heavy atom. The summed E-state index contributed by atoms with van der Waals surface area (Å²) in [4.78, 5) is 12.5. The van der Waals surface area contributed by atoms with Gasteiger partial charge in [0.15, 0.2) is 0 Å². The first kappa shape index (κ1) is 29.3. The van der Waals surface area contributed by atoms with Gasteiger partial charge in [-0.25, -0.2) is 12.8 Å². The molecule has 0 unspecified atom stereocenters. The highest BCUT2D eigenvalue weighted by Crippen LogP contribution is 2.51. The molecule has 214 valence electrons. The number of aryl methyl sites for hydroxylation is 1. The molecule has 2 aliphatic rings. The second-order valence-corrected chi connectivity index (χ2v) is 11.9. The summed E-state index contributed by atoms with van der Waals surface area (Å²) in [6.45, 7) is 0. The zero-order valence-corrected chi connectivity index (χ0v) is 21.3. The highest BCUT2D eigenvalue weighted by atomic mass is 32.2. The number of carbonyl (C=O) groups is 1. The predicted molar refractivity (Wildman–Crippen MR) is 127 cm³/mol. The normalized spacial score (nSPS) is 19.3. The number of aliphatic hydroxyl groups is 1. The number of rotatable bonds is 7. The molecule has 4 rings (SSSR count). The summed E-state index contributed by atoms with van der Waals surface area (Å²) in [6.07, 6.45) is -8.64. The van der Waals surface area contributed by atoms with Gasteiger partial charge in [0.05, 0.1) is 16.6 Å². The number of hydrogen-bond acceptors (Lipinski definition) is 4. The van der Waals surface area contributed by atoms with Crippen LogP contribution in [0, 0.1) is 11.7 Å². The van der Waals surface area contributed by atoms with Crippen molar-refractivity contribution in [3.63, 3.8) is 0 Å². The van der Waals surface area contributed by atoms with Crippen LogP contribution in [0.1, 0.15) is 56.1 Å². The maximum Gasteiger partial charge on any atom is 0.430 e. The quantitative estimate of drug-likeness (QED) is 0.396. The summed E-state index contributed by atoms with van der Waals surface area (Å²) in [5, 5.41) is 9.83. The molecule has 0 saturated heterocycles. The van der Waals surface area contributed by atoms with E-state index >= 15 is 0 Å². The van der Waals surface area contributed by atoms with E-state index in [0.717, 1.165) is 60.3 Å². The smallest absolute Gasteiger partial charge is 0.369 e. The van der Waals surface area contributed by atoms with Gasteiger partial charge in [0.25, 0.3) is 15.6 Å². The molecule has 0 aromatic heterocycles. The van der Waals surface area contributed by atoms with Crippen molar-refractivity contribution in [2.75, 3.05) is 4.31 Å². The third-order valence-electron chi connectivity index (χ3n) is 7.46. The van der Waals surface area contributed by atoms with Crippen LogP contribution in [0.2, 0.25) is 0 Å². The number of alkyl halides is 6. The van der Waals surface area contributed by atoms with Gasteiger partial charge in [-0.05, 0) is 54.7 Å². The largest absolute Gasteiger partial charge is 0.430 e. The van der Waals surface area contributed by atoms with Crippen LogP contribution in [0.3, 0.4) is 0 Å². The van der Waals surface area contributed by atoms with Gasteiger partial charge in [0.2, 0.25) is 0 Å². The zero-order valence-electron chi connectivity index (χ0n) is 20.5. The molecule has 5 nitrogen and oxygen atoms in total. The second kappa shape index (κ2) is 10.4. The van der Waals surface area contributed by atoms with Crippen LogP contribution in [0.5, 0.6) is 0 Å². The fourth-order valence-corrected chi connectivity index (χ4v) is 7.18. The average Bonchev–Trinajstić information content (AvgIpc) is 3.34. The molecule has 0 amide bonds. The minimum atomic E-state index is -6.11. The Morgan fingerprint density at radius 2 is 1.49 bits per heavy atom. The lowest BCUT2D eigenvalue weighted by Crippen LogP contribution is -2.54. The van der Waals surface area contributed by atoms with Crippen molar-refractivity contribution in [2.45, 2.75) is 80.3 Å². The molecule has 1 fully saturated rings. The third-order valence-corrected chi connectivity index (χ3v) is 9.34. The first-order valence-corrected chi connectivity index (χ1v) is 13.8. The number of anilines is 1. The topological polar surface area (TPSA) is 74.7 Å². The van der Waals surface area contributed by atoms with Crippen molar-refractivity contribution in [1.82, 2.24) is 0 Å². The third kappa shape index (κ3) is 5.52. The van der Waals surface area contributed by atoms with E-state index in [2.05, 4.69) is 0 Å². The van der Waals surface area contributed by atoms with E-state index in [-0.39, 0.29) is 53.5 Å². The van der Waals surface area contributed by atoms with Crippen molar-refractivity contribution in [3.8, 4) is 0 Å². The van der Waals surface area contributed by atoms with E-state index in [1.807, 2.05) is 0 Å². The number of Topliss-reactive ketones (excluding diaryl/α,β-unsaturated/α-hetero) is 1. The molecule has 0 bridgehead atoms. The van der Waals surface area contributed by atoms with Crippen LogP contribution in [0.15, 0.2) is 47.4 Å². The van der Waals surface area contributed by atoms with E-state index in [4.69, 9.17) is 0 Å². The van der Waals surface area contributed by atoms with Crippen molar-refractivity contribution in [2.24, 2.45) is 5.92 Å². The fraction of sp³-hybridized carbons (Fsp3) is 0.500. The van der Waals surface area contributed by atoms with Crippen LogP contribution in [0.25, 0.3) is 0 Å². The Labute approximate surface area is 220 Å². The van der Waals surface area contributed by atoms with Gasteiger partial charge in [-0.2, -0.15) is 26.3 Å². The average molecular weight is 582 g/mol. The number of halogens is 7. The SMILES string of the molecule is O=C(CC1CCCC1)C[C@@H]1CCc2cc(C(O)(C(F)(F)F)C(F)(F)F)ccc2N1S(=O)(=O)c1ccc(F)cc1. The fourth-order valence-electron chi connectivity index (χ4n) is 5.46. The minimum Gasteiger partial charge on any atom is -0.369 e. The number of hydrogen-bond donors (Lipinski definition) is 1. The summed E-state index contributed by atoms with van der Waals surface area (Å²) in [5.41, 5.74) is -7.07. The summed E-state index contributed by atoms with van der Waals surface area (Å²) >= 11 is 0. The number of ketones is 1. The maximum atomic E-state index is 13.7. The van der Waals surface area contributed by atoms with Crippen LogP contribution in [-0.2, 0) is 26.8 Å². The molecule has 2 aromatic carbocycles. The van der Waals surface area contributed by atoms with Gasteiger partial charge in [0.1, 0.15) is 11.6 Å². The number of carbonyl (C=O) groups excluding carboxylic acids is 1. The molecule has 13 heteroatoms. The summed E-state index contributed by atoms with van der Waals surface area (Å²) in [5.74, 6) is -0.741. The standard InChI is InChI=1S/C26H26F7NO4S/c27-19-7-10-22(11-8-19)39(37,38)34-20(15-21(35)13-16-3-1-2-4-16)9-5-17-14-18(6-12-23(17)34)24(36,25(28,29)30)26(31,32)33/h6-8,10-12,14,16,20,36H,1-5,9,13,15H2/t20-/m0/s1. The molecule has 1 N–H and O–H groups in total. The molecular weight excluding hydrogens is 555 g/mol. The molecule has 1 saturated carbocycles. The van der Waals surface area contributed by atoms with Gasteiger partial charge in [-0.15, -0.1) is 0 Å². The molecule has 1 aliphatic carbocycles. The molecule has 0 spiro atoms. The molecule has 0 radical (unpaired) electrons. The van der Waals surface area contributed by atoms with E-state index in [9.17, 15) is 49.1 Å². The summed E-state index contributed by atoms with van der Waals surface area (Å²) < 4.78 is 122. The first-order chi connectivity index (χ1) is 18.1. The molecule has 1 aliphatic heterocycles. The first-order valence-electron chi connectivity index (χ1n) is 12.4. The lowest BCUT2D eigenvalue weighted by atomic mass is 9.87. The van der Waals surface area contributed by atoms with Crippen molar-refractivity contribution < 1.29 is 49.1 Å². The number of sulfonamides is 1. The molecule has 39 heavy (non-hydrogen) atoms. The van der Waals surface area contributed by atoms with Gasteiger partial charge in [-0.3, -0.25) is 9.10 Å². The highest BCUT2D eigenvalue weighted by molar-refractivity contribution is 7.92. The molecule has 2 aromatic rings. The van der Waals surface area contributed by atoms with Gasteiger partial charge >= 0.3 is 12.4 Å². The maximum absolute atomic E-state index is 13.7. The van der Waals surface area contributed by atoms with E-state index in [0.29, 0.717) is 12.1 Å². The summed E-state index contributed by atoms with van der Waals surface area (Å²) in [7, 11) is -4.51. The van der Waals surface area contributed by atoms with Gasteiger partial charge in [0, 0.05) is 18.4 Å². The van der Waals surface area contributed by atoms with Crippen LogP contribution in [0.4, 0.5) is 36.4 Å². The number of nitrogens with zero attached hydrogens (tertiary/aromatic N) is 1. The van der Waals surface area contributed by atoms with Crippen molar-refractivity contribution >= 4 is 21.5 Å². The monoisotopic (exact) mass is 581 g/mol. The van der Waals surface area contributed by atoms with Crippen molar-refractivity contribution in [1.29, 1.82) is 0 Å². The van der Waals surface area contributed by atoms with Crippen molar-refractivity contribution in [3.05, 3.63) is 59.4 Å². The Hall–Kier alpha value is -2.67. The van der Waals surface area contributed by atoms with E-state index in [1.54, 1.807) is 0 Å². The highest BCUT2D eigenvalue weighted by Gasteiger charge is 2.71. The Kier molecular flexibility index (Phi) is 7.80. The van der Waals surface area contributed by atoms with Crippen LogP contribution in [-0.4, -0.2) is 37.7 Å². The van der Waals surface area contributed by atoms with Gasteiger partial charge < -0.3 is 5.11 Å². The molecular formula is C26H26F7NO4S. The Morgan fingerprint density at radius 3 is 2.05 bits per heavy atom. The Balaban J connectivity index is 1.78. The summed E-state index contributed by atoms with van der Waals surface area (Å²) in [6, 6.07) is 4.46. The lowest BCUT2D eigenvalue weighted by molar-refractivity contribution is -0.376. The van der Waals surface area contributed by atoms with E-state index in [1.165, 1.54) is 0 Å². The zero-order chi connectivity index (χ0) is 28.8. The second-order valence-electron chi connectivity index (χ2n) is 10.1. The van der Waals surface area contributed by atoms with E-state index < -0.39 is 45.4 Å². The number of fused-ring (bicyclic) bond motifs is 1. The minimum absolute atomic E-state index is 0.0657. The Bertz CT molecular complexity index is 1300. The number of benzene rings is 2. The lowest BCUT2D eigenvalue weighted by Gasteiger charge is -2.39.